The van der Waals surface area contributed by atoms with E-state index in [2.05, 4.69) is 88.4 Å². The molecule has 13 heteroatoms. The molecule has 0 amide bonds. The summed E-state index contributed by atoms with van der Waals surface area (Å²) in [6, 6.07) is 21.3. The lowest BCUT2D eigenvalue weighted by molar-refractivity contribution is -0.145. The Hall–Kier alpha value is -2.27. The third-order valence-corrected chi connectivity index (χ3v) is 13.7. The molecule has 2 rings (SSSR count). The molecular formula is C43H72O12Si. The first-order valence-electron chi connectivity index (χ1n) is 20.5. The van der Waals surface area contributed by atoms with Crippen LogP contribution in [0.2, 0.25) is 5.04 Å². The molecule has 320 valence electrons. The summed E-state index contributed by atoms with van der Waals surface area (Å²) in [7, 11) is -2.54. The summed E-state index contributed by atoms with van der Waals surface area (Å²) >= 11 is 0. The Morgan fingerprint density at radius 2 is 0.768 bits per heavy atom. The highest BCUT2D eigenvalue weighted by Gasteiger charge is 2.50. The van der Waals surface area contributed by atoms with Crippen molar-refractivity contribution in [2.24, 2.45) is 0 Å². The Morgan fingerprint density at radius 3 is 1.09 bits per heavy atom. The first-order valence-corrected chi connectivity index (χ1v) is 22.4. The lowest BCUT2D eigenvalue weighted by Crippen LogP contribution is -2.66. The molecule has 0 saturated heterocycles. The molecule has 0 bridgehead atoms. The maximum Gasteiger partial charge on any atom is 0.305 e. The second-order valence-corrected chi connectivity index (χ2v) is 18.4. The van der Waals surface area contributed by atoms with E-state index in [0.29, 0.717) is 132 Å². The molecule has 2 aromatic rings. The predicted molar refractivity (Wildman–Crippen MR) is 221 cm³/mol. The number of benzene rings is 2. The van der Waals surface area contributed by atoms with Crippen LogP contribution in [0.5, 0.6) is 0 Å². The van der Waals surface area contributed by atoms with Gasteiger partial charge in [0.2, 0.25) is 0 Å². The SMILES string of the molecule is CCCCCCC(=O)OCCOCCOCCOCCOCCOCCOCCOCCOCCOCCO[Si](c1ccccc1)(c1ccccc1)C(C)(C)C. The Labute approximate surface area is 338 Å². The summed E-state index contributed by atoms with van der Waals surface area (Å²) in [5.41, 5.74) is 0. The molecule has 0 atom stereocenters. The molecule has 0 N–H and O–H groups in total. The van der Waals surface area contributed by atoms with Crippen LogP contribution in [0.1, 0.15) is 59.8 Å². The lowest BCUT2D eigenvalue weighted by Gasteiger charge is -2.43. The van der Waals surface area contributed by atoms with E-state index in [1.807, 2.05) is 0 Å². The van der Waals surface area contributed by atoms with Crippen LogP contribution in [0.3, 0.4) is 0 Å². The van der Waals surface area contributed by atoms with Crippen molar-refractivity contribution in [1.82, 2.24) is 0 Å². The monoisotopic (exact) mass is 808 g/mol. The minimum Gasteiger partial charge on any atom is -0.463 e. The fourth-order valence-electron chi connectivity index (χ4n) is 5.86. The molecule has 0 aliphatic rings. The van der Waals surface area contributed by atoms with E-state index in [1.54, 1.807) is 0 Å². The van der Waals surface area contributed by atoms with Gasteiger partial charge in [-0.1, -0.05) is 108 Å². The quantitative estimate of drug-likeness (QED) is 0.0503. The number of esters is 1. The van der Waals surface area contributed by atoms with Gasteiger partial charge < -0.3 is 51.8 Å². The van der Waals surface area contributed by atoms with Gasteiger partial charge in [0.1, 0.15) is 6.61 Å². The standard InChI is InChI=1S/C43H72O12Si/c1-5-6-7-14-19-42(44)54-38-36-52-34-32-50-30-28-48-26-24-46-22-20-45-21-23-47-25-27-49-29-31-51-33-35-53-37-39-55-56(43(2,3)4,40-15-10-8-11-16-40)41-17-12-9-13-18-41/h8-13,15-18H,5-7,14,19-39H2,1-4H3. The molecule has 0 aliphatic heterocycles. The van der Waals surface area contributed by atoms with E-state index in [1.165, 1.54) is 10.4 Å². The Morgan fingerprint density at radius 1 is 0.446 bits per heavy atom. The van der Waals surface area contributed by atoms with Crippen LogP contribution in [0, 0.1) is 0 Å². The molecule has 0 heterocycles. The molecule has 0 fully saturated rings. The van der Waals surface area contributed by atoms with Crippen LogP contribution in [-0.4, -0.2) is 146 Å². The fraction of sp³-hybridized carbons (Fsp3) is 0.698. The minimum absolute atomic E-state index is 0.0593. The first kappa shape index (κ1) is 49.9. The third kappa shape index (κ3) is 23.2. The minimum atomic E-state index is -2.54. The molecular weight excluding hydrogens is 737 g/mol. The maximum atomic E-state index is 11.6. The van der Waals surface area contributed by atoms with Gasteiger partial charge in [-0.15, -0.1) is 0 Å². The van der Waals surface area contributed by atoms with Gasteiger partial charge in [-0.2, -0.15) is 0 Å². The number of unbranched alkanes of at least 4 members (excludes halogenated alkanes) is 3. The van der Waals surface area contributed by atoms with E-state index in [9.17, 15) is 4.79 Å². The van der Waals surface area contributed by atoms with Crippen LogP contribution >= 0.6 is 0 Å². The molecule has 2 aromatic carbocycles. The van der Waals surface area contributed by atoms with E-state index in [-0.39, 0.29) is 17.6 Å². The third-order valence-electron chi connectivity index (χ3n) is 8.66. The second kappa shape index (κ2) is 33.7. The van der Waals surface area contributed by atoms with Crippen molar-refractivity contribution < 1.29 is 56.6 Å². The molecule has 0 saturated carbocycles. The van der Waals surface area contributed by atoms with Gasteiger partial charge in [0.05, 0.1) is 126 Å². The van der Waals surface area contributed by atoms with Crippen molar-refractivity contribution in [2.75, 3.05) is 132 Å². The molecule has 0 aliphatic carbocycles. The molecule has 56 heavy (non-hydrogen) atoms. The van der Waals surface area contributed by atoms with Crippen molar-refractivity contribution in [3.8, 4) is 0 Å². The Balaban J connectivity index is 1.29. The summed E-state index contributed by atoms with van der Waals surface area (Å²) in [6.07, 6.45) is 4.75. The van der Waals surface area contributed by atoms with Crippen molar-refractivity contribution in [3.63, 3.8) is 0 Å². The van der Waals surface area contributed by atoms with Crippen molar-refractivity contribution in [1.29, 1.82) is 0 Å². The average molecular weight is 809 g/mol. The van der Waals surface area contributed by atoms with E-state index >= 15 is 0 Å². The Bertz CT molecular complexity index is 1130. The van der Waals surface area contributed by atoms with E-state index < -0.39 is 8.32 Å². The number of ether oxygens (including phenoxy) is 10. The molecule has 0 radical (unpaired) electrons. The highest BCUT2D eigenvalue weighted by molar-refractivity contribution is 6.99. The Kier molecular flexibility index (Phi) is 30.0. The van der Waals surface area contributed by atoms with Gasteiger partial charge in [-0.3, -0.25) is 4.79 Å². The van der Waals surface area contributed by atoms with Crippen molar-refractivity contribution >= 4 is 24.7 Å². The first-order chi connectivity index (χ1) is 27.4. The highest BCUT2D eigenvalue weighted by Crippen LogP contribution is 2.36. The number of hydrogen-bond acceptors (Lipinski definition) is 12. The van der Waals surface area contributed by atoms with Crippen molar-refractivity contribution in [2.45, 2.75) is 64.8 Å². The fourth-order valence-corrected chi connectivity index (χ4v) is 10.4. The van der Waals surface area contributed by atoms with Gasteiger partial charge in [-0.25, -0.2) is 0 Å². The molecule has 0 spiro atoms. The summed E-state index contributed by atoms with van der Waals surface area (Å²) in [4.78, 5) is 11.6. The van der Waals surface area contributed by atoms with Gasteiger partial charge in [0.25, 0.3) is 8.32 Å². The summed E-state index contributed by atoms with van der Waals surface area (Å²) in [5, 5.41) is 2.47. The predicted octanol–water partition coefficient (Wildman–Crippen LogP) is 5.23. The number of rotatable bonds is 38. The summed E-state index contributed by atoms with van der Waals surface area (Å²) in [6.45, 7) is 18.5. The normalized spacial score (nSPS) is 12.0. The molecule has 0 aromatic heterocycles. The van der Waals surface area contributed by atoms with Gasteiger partial charge in [-0.05, 0) is 21.8 Å². The van der Waals surface area contributed by atoms with Gasteiger partial charge >= 0.3 is 5.97 Å². The zero-order valence-electron chi connectivity index (χ0n) is 34.9. The largest absolute Gasteiger partial charge is 0.463 e. The topological polar surface area (TPSA) is 119 Å². The van der Waals surface area contributed by atoms with Crippen LogP contribution in [0.4, 0.5) is 0 Å². The number of carbonyl (C=O) groups excluding carboxylic acids is 1. The number of hydrogen-bond donors (Lipinski definition) is 0. The summed E-state index contributed by atoms with van der Waals surface area (Å²) in [5.74, 6) is -0.152. The number of carbonyl (C=O) groups is 1. The summed E-state index contributed by atoms with van der Waals surface area (Å²) < 4.78 is 62.0. The van der Waals surface area contributed by atoms with Gasteiger partial charge in [0, 0.05) is 6.42 Å². The average Bonchev–Trinajstić information content (AvgIpc) is 3.20. The van der Waals surface area contributed by atoms with Crippen LogP contribution in [-0.2, 0) is 56.6 Å². The maximum absolute atomic E-state index is 11.6. The second-order valence-electron chi connectivity index (χ2n) is 14.1. The zero-order chi connectivity index (χ0) is 40.3. The molecule has 12 nitrogen and oxygen atoms in total. The highest BCUT2D eigenvalue weighted by atomic mass is 28.4. The lowest BCUT2D eigenvalue weighted by atomic mass is 10.2. The van der Waals surface area contributed by atoms with Crippen LogP contribution in [0.25, 0.3) is 0 Å². The van der Waals surface area contributed by atoms with Gasteiger partial charge in [0.15, 0.2) is 0 Å². The molecule has 0 unspecified atom stereocenters. The van der Waals surface area contributed by atoms with Crippen LogP contribution < -0.4 is 10.4 Å². The van der Waals surface area contributed by atoms with Crippen LogP contribution in [0.15, 0.2) is 60.7 Å². The zero-order valence-corrected chi connectivity index (χ0v) is 35.9. The van der Waals surface area contributed by atoms with E-state index in [4.69, 9.17) is 51.8 Å². The smallest absolute Gasteiger partial charge is 0.305 e. The van der Waals surface area contributed by atoms with E-state index in [0.717, 1.165) is 25.7 Å². The van der Waals surface area contributed by atoms with Crippen molar-refractivity contribution in [3.05, 3.63) is 60.7 Å².